The van der Waals surface area contributed by atoms with Gasteiger partial charge in [-0.1, -0.05) is 30.0 Å². The topological polar surface area (TPSA) is 33.4 Å². The number of hydrogen-bond donors (Lipinski definition) is 1. The summed E-state index contributed by atoms with van der Waals surface area (Å²) in [5.74, 6) is 7.45. The number of aliphatic hydroxyl groups is 1. The molecule has 0 radical (unpaired) electrons. The van der Waals surface area contributed by atoms with Crippen molar-refractivity contribution in [1.82, 2.24) is 0 Å². The van der Waals surface area contributed by atoms with Gasteiger partial charge in [-0.3, -0.25) is 0 Å². The van der Waals surface area contributed by atoms with Crippen LogP contribution >= 0.6 is 11.8 Å². The Labute approximate surface area is 111 Å². The SMILES string of the molecule is Cc1occc1SCc1ccccc1C#CCO. The van der Waals surface area contributed by atoms with E-state index in [1.165, 1.54) is 5.56 Å². The maximum Gasteiger partial charge on any atom is 0.114 e. The number of benzene rings is 1. The van der Waals surface area contributed by atoms with Crippen molar-refractivity contribution in [2.24, 2.45) is 0 Å². The number of thioether (sulfide) groups is 1. The van der Waals surface area contributed by atoms with E-state index in [-0.39, 0.29) is 6.61 Å². The van der Waals surface area contributed by atoms with Crippen LogP contribution in [0.1, 0.15) is 16.9 Å². The second kappa shape index (κ2) is 6.34. The maximum atomic E-state index is 8.74. The largest absolute Gasteiger partial charge is 0.468 e. The molecule has 1 aromatic heterocycles. The molecule has 1 heterocycles. The first-order valence-electron chi connectivity index (χ1n) is 5.66. The van der Waals surface area contributed by atoms with Crippen molar-refractivity contribution in [2.45, 2.75) is 17.6 Å². The number of rotatable bonds is 3. The van der Waals surface area contributed by atoms with Gasteiger partial charge in [-0.05, 0) is 24.6 Å². The van der Waals surface area contributed by atoms with Crippen molar-refractivity contribution >= 4 is 11.8 Å². The first-order chi connectivity index (χ1) is 8.81. The minimum atomic E-state index is -0.109. The minimum absolute atomic E-state index is 0.109. The van der Waals surface area contributed by atoms with E-state index in [0.29, 0.717) is 0 Å². The Morgan fingerprint density at radius 3 is 2.83 bits per heavy atom. The average molecular weight is 258 g/mol. The number of hydrogen-bond acceptors (Lipinski definition) is 3. The van der Waals surface area contributed by atoms with Gasteiger partial charge in [0.15, 0.2) is 0 Å². The lowest BCUT2D eigenvalue weighted by atomic mass is 10.1. The van der Waals surface area contributed by atoms with Gasteiger partial charge >= 0.3 is 0 Å². The molecule has 1 N–H and O–H groups in total. The Morgan fingerprint density at radius 1 is 1.28 bits per heavy atom. The highest BCUT2D eigenvalue weighted by Gasteiger charge is 2.04. The molecule has 0 aliphatic rings. The standard InChI is InChI=1S/C15H14O2S/c1-12-15(8-10-17-12)18-11-14-6-3-2-5-13(14)7-4-9-16/h2-3,5-6,8,10,16H,9,11H2,1H3. The lowest BCUT2D eigenvalue weighted by Gasteiger charge is -2.03. The normalized spacial score (nSPS) is 9.89. The van der Waals surface area contributed by atoms with E-state index in [9.17, 15) is 0 Å². The van der Waals surface area contributed by atoms with E-state index in [2.05, 4.69) is 17.9 Å². The van der Waals surface area contributed by atoms with Crippen LogP contribution < -0.4 is 0 Å². The fourth-order valence-corrected chi connectivity index (χ4v) is 2.55. The van der Waals surface area contributed by atoms with Gasteiger partial charge in [0.25, 0.3) is 0 Å². The van der Waals surface area contributed by atoms with Gasteiger partial charge in [-0.2, -0.15) is 0 Å². The summed E-state index contributed by atoms with van der Waals surface area (Å²) in [6.45, 7) is 1.85. The van der Waals surface area contributed by atoms with Crippen LogP contribution in [-0.4, -0.2) is 11.7 Å². The molecular formula is C15H14O2S. The summed E-state index contributed by atoms with van der Waals surface area (Å²) < 4.78 is 5.27. The average Bonchev–Trinajstić information content (AvgIpc) is 2.80. The zero-order valence-electron chi connectivity index (χ0n) is 10.1. The summed E-state index contributed by atoms with van der Waals surface area (Å²) in [7, 11) is 0. The highest BCUT2D eigenvalue weighted by molar-refractivity contribution is 7.98. The van der Waals surface area contributed by atoms with Crippen molar-refractivity contribution in [2.75, 3.05) is 6.61 Å². The second-order valence-corrected chi connectivity index (χ2v) is 4.76. The van der Waals surface area contributed by atoms with Gasteiger partial charge in [-0.25, -0.2) is 0 Å². The smallest absolute Gasteiger partial charge is 0.114 e. The van der Waals surface area contributed by atoms with E-state index in [1.807, 2.05) is 31.2 Å². The molecule has 2 rings (SSSR count). The predicted molar refractivity (Wildman–Crippen MR) is 73.4 cm³/mol. The lowest BCUT2D eigenvalue weighted by Crippen LogP contribution is -1.87. The Morgan fingerprint density at radius 2 is 2.11 bits per heavy atom. The molecule has 0 bridgehead atoms. The summed E-state index contributed by atoms with van der Waals surface area (Å²) in [4.78, 5) is 1.15. The molecule has 1 aromatic carbocycles. The third-order valence-electron chi connectivity index (χ3n) is 2.51. The van der Waals surface area contributed by atoms with Gasteiger partial charge in [0.2, 0.25) is 0 Å². The summed E-state index contributed by atoms with van der Waals surface area (Å²) in [5.41, 5.74) is 2.14. The molecule has 0 unspecified atom stereocenters. The quantitative estimate of drug-likeness (QED) is 0.678. The maximum absolute atomic E-state index is 8.74. The Hall–Kier alpha value is -1.63. The van der Waals surface area contributed by atoms with Gasteiger partial charge in [0.05, 0.1) is 6.26 Å². The van der Waals surface area contributed by atoms with Crippen molar-refractivity contribution in [3.63, 3.8) is 0 Å². The molecule has 0 aliphatic heterocycles. The molecule has 92 valence electrons. The van der Waals surface area contributed by atoms with E-state index >= 15 is 0 Å². The van der Waals surface area contributed by atoms with Gasteiger partial charge in [0, 0.05) is 16.2 Å². The highest BCUT2D eigenvalue weighted by Crippen LogP contribution is 2.27. The molecule has 3 heteroatoms. The molecule has 0 spiro atoms. The van der Waals surface area contributed by atoms with Crippen LogP contribution in [0.5, 0.6) is 0 Å². The molecule has 0 aliphatic carbocycles. The molecule has 0 fully saturated rings. The van der Waals surface area contributed by atoms with E-state index < -0.39 is 0 Å². The van der Waals surface area contributed by atoms with E-state index in [4.69, 9.17) is 9.52 Å². The minimum Gasteiger partial charge on any atom is -0.468 e. The van der Waals surface area contributed by atoms with E-state index in [0.717, 1.165) is 22.0 Å². The van der Waals surface area contributed by atoms with Crippen molar-refractivity contribution in [1.29, 1.82) is 0 Å². The summed E-state index contributed by atoms with van der Waals surface area (Å²) in [5, 5.41) is 8.74. The van der Waals surface area contributed by atoms with Crippen LogP contribution in [0.3, 0.4) is 0 Å². The number of aliphatic hydroxyl groups excluding tert-OH is 1. The first-order valence-corrected chi connectivity index (χ1v) is 6.64. The monoisotopic (exact) mass is 258 g/mol. The molecule has 2 nitrogen and oxygen atoms in total. The van der Waals surface area contributed by atoms with Crippen LogP contribution in [-0.2, 0) is 5.75 Å². The van der Waals surface area contributed by atoms with Crippen molar-refractivity contribution in [3.05, 3.63) is 53.5 Å². The molecule has 0 saturated carbocycles. The zero-order valence-corrected chi connectivity index (χ0v) is 11.0. The Balaban J connectivity index is 2.12. The van der Waals surface area contributed by atoms with Gasteiger partial charge in [-0.15, -0.1) is 11.8 Å². The number of furan rings is 1. The van der Waals surface area contributed by atoms with Gasteiger partial charge in [0.1, 0.15) is 12.4 Å². The third kappa shape index (κ3) is 3.19. The Bertz CT molecular complexity index is 575. The van der Waals surface area contributed by atoms with Crippen LogP contribution in [0.2, 0.25) is 0 Å². The molecule has 0 amide bonds. The van der Waals surface area contributed by atoms with Crippen LogP contribution in [0.4, 0.5) is 0 Å². The fourth-order valence-electron chi connectivity index (χ4n) is 1.58. The summed E-state index contributed by atoms with van der Waals surface area (Å²) >= 11 is 1.73. The summed E-state index contributed by atoms with van der Waals surface area (Å²) in [6, 6.07) is 9.97. The first kappa shape index (κ1) is 12.8. The van der Waals surface area contributed by atoms with Crippen molar-refractivity contribution in [3.8, 4) is 11.8 Å². The molecule has 0 atom stereocenters. The lowest BCUT2D eigenvalue weighted by molar-refractivity contribution is 0.350. The second-order valence-electron chi connectivity index (χ2n) is 3.75. The van der Waals surface area contributed by atoms with Crippen LogP contribution in [0, 0.1) is 18.8 Å². The van der Waals surface area contributed by atoms with Gasteiger partial charge < -0.3 is 9.52 Å². The fraction of sp³-hybridized carbons (Fsp3) is 0.200. The molecule has 0 saturated heterocycles. The van der Waals surface area contributed by atoms with Crippen LogP contribution in [0.15, 0.2) is 45.9 Å². The molecular weight excluding hydrogens is 244 g/mol. The van der Waals surface area contributed by atoms with E-state index in [1.54, 1.807) is 18.0 Å². The Kier molecular flexibility index (Phi) is 4.52. The summed E-state index contributed by atoms with van der Waals surface area (Å²) in [6.07, 6.45) is 1.70. The van der Waals surface area contributed by atoms with Crippen molar-refractivity contribution < 1.29 is 9.52 Å². The molecule has 18 heavy (non-hydrogen) atoms. The zero-order chi connectivity index (χ0) is 12.8. The molecule has 2 aromatic rings. The van der Waals surface area contributed by atoms with Crippen LogP contribution in [0.25, 0.3) is 0 Å². The number of aryl methyl sites for hydroxylation is 1. The predicted octanol–water partition coefficient (Wildman–Crippen LogP) is 3.22. The third-order valence-corrected chi connectivity index (χ3v) is 3.70. The highest BCUT2D eigenvalue weighted by atomic mass is 32.2.